The van der Waals surface area contributed by atoms with Gasteiger partial charge in [-0.3, -0.25) is 14.9 Å². The summed E-state index contributed by atoms with van der Waals surface area (Å²) in [5.41, 5.74) is 6.59. The SMILES string of the molecule is O=C(Nc1nc(-c2ccc(Cl)c(Cl)c2)cs1)C1NNCC1[N+](=O)[O-]. The van der Waals surface area contributed by atoms with Crippen molar-refractivity contribution in [2.75, 3.05) is 11.9 Å². The topological polar surface area (TPSA) is 109 Å². The number of amides is 1. The molecule has 24 heavy (non-hydrogen) atoms. The molecule has 1 aromatic carbocycles. The minimum atomic E-state index is -1.03. The van der Waals surface area contributed by atoms with E-state index in [2.05, 4.69) is 21.2 Å². The van der Waals surface area contributed by atoms with Crippen molar-refractivity contribution in [3.63, 3.8) is 0 Å². The summed E-state index contributed by atoms with van der Waals surface area (Å²) in [5, 5.41) is 16.5. The third-order valence-corrected chi connectivity index (χ3v) is 4.95. The number of carbonyl (C=O) groups excluding carboxylic acids is 1. The molecule has 0 saturated carbocycles. The van der Waals surface area contributed by atoms with Gasteiger partial charge in [0.2, 0.25) is 0 Å². The lowest BCUT2D eigenvalue weighted by Gasteiger charge is -2.10. The minimum absolute atomic E-state index is 0.0808. The standard InChI is InChI=1S/C13H11Cl2N5O3S/c14-7-2-1-6(3-8(7)15)9-5-24-13(17-9)18-12(21)11-10(20(22)23)4-16-19-11/h1-3,5,10-11,16,19H,4H2,(H,17,18,21). The van der Waals surface area contributed by atoms with Gasteiger partial charge in [0.25, 0.3) is 11.9 Å². The second kappa shape index (κ2) is 6.99. The molecule has 0 radical (unpaired) electrons. The monoisotopic (exact) mass is 387 g/mol. The van der Waals surface area contributed by atoms with E-state index in [4.69, 9.17) is 23.2 Å². The number of nitrogens with zero attached hydrogens (tertiary/aromatic N) is 2. The Morgan fingerprint density at radius 1 is 1.42 bits per heavy atom. The van der Waals surface area contributed by atoms with Crippen molar-refractivity contribution in [1.29, 1.82) is 0 Å². The van der Waals surface area contributed by atoms with Crippen LogP contribution in [-0.4, -0.2) is 34.4 Å². The summed E-state index contributed by atoms with van der Waals surface area (Å²) in [4.78, 5) is 26.9. The molecule has 1 fully saturated rings. The maximum Gasteiger partial charge on any atom is 0.252 e. The van der Waals surface area contributed by atoms with Gasteiger partial charge in [-0.15, -0.1) is 11.3 Å². The number of nitro groups is 1. The molecule has 1 aromatic heterocycles. The number of benzene rings is 1. The normalized spacial score (nSPS) is 20.1. The Hall–Kier alpha value is -1.78. The maximum absolute atomic E-state index is 12.2. The summed E-state index contributed by atoms with van der Waals surface area (Å²) in [6, 6.07) is 3.11. The molecule has 2 atom stereocenters. The molecule has 3 rings (SSSR count). The molecule has 2 unspecified atom stereocenters. The van der Waals surface area contributed by atoms with Crippen molar-refractivity contribution in [2.45, 2.75) is 12.1 Å². The van der Waals surface area contributed by atoms with Gasteiger partial charge in [0.05, 0.1) is 22.3 Å². The van der Waals surface area contributed by atoms with Gasteiger partial charge in [-0.25, -0.2) is 15.8 Å². The highest BCUT2D eigenvalue weighted by Gasteiger charge is 2.41. The molecule has 1 saturated heterocycles. The Kier molecular flexibility index (Phi) is 4.97. The van der Waals surface area contributed by atoms with Crippen molar-refractivity contribution in [1.82, 2.24) is 15.8 Å². The third-order valence-electron chi connectivity index (χ3n) is 3.46. The average Bonchev–Trinajstić information content (AvgIpc) is 3.19. The highest BCUT2D eigenvalue weighted by Crippen LogP contribution is 2.30. The first-order chi connectivity index (χ1) is 11.5. The van der Waals surface area contributed by atoms with Crippen LogP contribution in [0.5, 0.6) is 0 Å². The van der Waals surface area contributed by atoms with Crippen LogP contribution in [0.1, 0.15) is 0 Å². The van der Waals surface area contributed by atoms with Gasteiger partial charge in [-0.1, -0.05) is 29.3 Å². The molecule has 0 spiro atoms. The number of aromatic nitrogens is 1. The Bertz CT molecular complexity index is 800. The molecule has 3 N–H and O–H groups in total. The Morgan fingerprint density at radius 3 is 2.92 bits per heavy atom. The number of hydrogen-bond donors (Lipinski definition) is 3. The van der Waals surface area contributed by atoms with E-state index >= 15 is 0 Å². The zero-order valence-corrected chi connectivity index (χ0v) is 14.3. The quantitative estimate of drug-likeness (QED) is 0.547. The first-order valence-electron chi connectivity index (χ1n) is 6.79. The third kappa shape index (κ3) is 3.50. The Balaban J connectivity index is 1.73. The molecule has 1 amide bonds. The van der Waals surface area contributed by atoms with E-state index in [1.165, 1.54) is 11.3 Å². The number of hydrogen-bond acceptors (Lipinski definition) is 7. The molecule has 11 heteroatoms. The van der Waals surface area contributed by atoms with Gasteiger partial charge >= 0.3 is 0 Å². The highest BCUT2D eigenvalue weighted by molar-refractivity contribution is 7.14. The summed E-state index contributed by atoms with van der Waals surface area (Å²) in [6.07, 6.45) is 0. The van der Waals surface area contributed by atoms with E-state index in [1.807, 2.05) is 0 Å². The molecule has 2 aromatic rings. The molecule has 126 valence electrons. The number of hydrazine groups is 1. The zero-order valence-electron chi connectivity index (χ0n) is 12.0. The summed E-state index contributed by atoms with van der Waals surface area (Å²) in [7, 11) is 0. The van der Waals surface area contributed by atoms with E-state index in [0.29, 0.717) is 20.9 Å². The first-order valence-corrected chi connectivity index (χ1v) is 8.43. The van der Waals surface area contributed by atoms with E-state index in [-0.39, 0.29) is 6.54 Å². The van der Waals surface area contributed by atoms with Crippen molar-refractivity contribution in [3.8, 4) is 11.3 Å². The van der Waals surface area contributed by atoms with Crippen molar-refractivity contribution >= 4 is 45.6 Å². The van der Waals surface area contributed by atoms with Crippen LogP contribution in [0.25, 0.3) is 11.3 Å². The van der Waals surface area contributed by atoms with Gasteiger partial charge in [0.1, 0.15) is 0 Å². The van der Waals surface area contributed by atoms with Crippen LogP contribution in [-0.2, 0) is 4.79 Å². The molecule has 2 heterocycles. The van der Waals surface area contributed by atoms with Crippen LogP contribution < -0.4 is 16.2 Å². The summed E-state index contributed by atoms with van der Waals surface area (Å²) < 4.78 is 0. The zero-order chi connectivity index (χ0) is 17.3. The van der Waals surface area contributed by atoms with E-state index < -0.39 is 22.9 Å². The average molecular weight is 388 g/mol. The molecule has 1 aliphatic heterocycles. The molecule has 0 aliphatic carbocycles. The predicted octanol–water partition coefficient (Wildman–Crippen LogP) is 2.18. The van der Waals surface area contributed by atoms with Crippen LogP contribution in [0, 0.1) is 10.1 Å². The van der Waals surface area contributed by atoms with Crippen LogP contribution in [0.2, 0.25) is 10.0 Å². The molecule has 1 aliphatic rings. The fourth-order valence-electron chi connectivity index (χ4n) is 2.23. The Morgan fingerprint density at radius 2 is 2.21 bits per heavy atom. The largest absolute Gasteiger partial charge is 0.300 e. The van der Waals surface area contributed by atoms with Crippen LogP contribution in [0.4, 0.5) is 5.13 Å². The summed E-state index contributed by atoms with van der Waals surface area (Å²) >= 11 is 13.1. The van der Waals surface area contributed by atoms with E-state index in [1.54, 1.807) is 23.6 Å². The second-order valence-corrected chi connectivity index (χ2v) is 6.68. The van der Waals surface area contributed by atoms with Gasteiger partial charge in [0, 0.05) is 15.9 Å². The van der Waals surface area contributed by atoms with Crippen LogP contribution >= 0.6 is 34.5 Å². The number of carbonyl (C=O) groups is 1. The Labute approximate surface area is 150 Å². The van der Waals surface area contributed by atoms with Crippen molar-refractivity contribution in [2.24, 2.45) is 0 Å². The number of anilines is 1. The highest BCUT2D eigenvalue weighted by atomic mass is 35.5. The molecular weight excluding hydrogens is 377 g/mol. The van der Waals surface area contributed by atoms with Crippen molar-refractivity contribution < 1.29 is 9.72 Å². The fourth-order valence-corrected chi connectivity index (χ4v) is 3.25. The number of nitrogens with one attached hydrogen (secondary N) is 3. The summed E-state index contributed by atoms with van der Waals surface area (Å²) in [6.45, 7) is 0.0808. The van der Waals surface area contributed by atoms with E-state index in [0.717, 1.165) is 5.56 Å². The lowest BCUT2D eigenvalue weighted by molar-refractivity contribution is -0.517. The minimum Gasteiger partial charge on any atom is -0.300 e. The molecular formula is C13H11Cl2N5O3S. The molecule has 0 bridgehead atoms. The van der Waals surface area contributed by atoms with Gasteiger partial charge < -0.3 is 5.32 Å². The maximum atomic E-state index is 12.2. The van der Waals surface area contributed by atoms with Crippen LogP contribution in [0.3, 0.4) is 0 Å². The fraction of sp³-hybridized carbons (Fsp3) is 0.231. The number of halogens is 2. The number of thiazole rings is 1. The van der Waals surface area contributed by atoms with Crippen molar-refractivity contribution in [3.05, 3.63) is 43.7 Å². The lowest BCUT2D eigenvalue weighted by Crippen LogP contribution is -2.46. The van der Waals surface area contributed by atoms with Gasteiger partial charge in [0.15, 0.2) is 11.2 Å². The van der Waals surface area contributed by atoms with Gasteiger partial charge in [-0.05, 0) is 12.1 Å². The van der Waals surface area contributed by atoms with E-state index in [9.17, 15) is 14.9 Å². The number of rotatable bonds is 4. The van der Waals surface area contributed by atoms with Crippen LogP contribution in [0.15, 0.2) is 23.6 Å². The smallest absolute Gasteiger partial charge is 0.252 e. The predicted molar refractivity (Wildman–Crippen MR) is 91.9 cm³/mol. The summed E-state index contributed by atoms with van der Waals surface area (Å²) in [5.74, 6) is -0.517. The second-order valence-electron chi connectivity index (χ2n) is 5.01. The molecule has 8 nitrogen and oxygen atoms in total. The first kappa shape index (κ1) is 17.1. The van der Waals surface area contributed by atoms with Gasteiger partial charge in [-0.2, -0.15) is 0 Å². The lowest BCUT2D eigenvalue weighted by atomic mass is 10.1.